The second-order valence-electron chi connectivity index (χ2n) is 6.88. The molecule has 0 aliphatic rings. The van der Waals surface area contributed by atoms with E-state index in [9.17, 15) is 4.79 Å². The monoisotopic (exact) mass is 227 g/mol. The quantitative estimate of drug-likeness (QED) is 0.752. The normalized spacial score (nSPS) is 14.0. The molecule has 0 aromatic carbocycles. The van der Waals surface area contributed by atoms with Gasteiger partial charge in [-0.1, -0.05) is 27.2 Å². The zero-order valence-electron chi connectivity index (χ0n) is 12.3. The van der Waals surface area contributed by atoms with E-state index < -0.39 is 5.54 Å². The minimum atomic E-state index is -0.437. The van der Waals surface area contributed by atoms with Crippen molar-refractivity contribution in [1.82, 2.24) is 5.32 Å². The van der Waals surface area contributed by atoms with Gasteiger partial charge in [0.05, 0.1) is 5.54 Å². The number of rotatable bonds is 6. The summed E-state index contributed by atoms with van der Waals surface area (Å²) in [6, 6.07) is 0. The number of carbonyl (C=O) groups is 1. The Balaban J connectivity index is 4.64. The van der Waals surface area contributed by atoms with E-state index in [2.05, 4.69) is 39.9 Å². The Kier molecular flexibility index (Phi) is 4.75. The Hall–Kier alpha value is -0.370. The average Bonchev–Trinajstić information content (AvgIpc) is 1.99. The summed E-state index contributed by atoms with van der Waals surface area (Å²) in [5.74, 6) is 0.190. The minimum Gasteiger partial charge on any atom is -0.300 e. The zero-order valence-corrected chi connectivity index (χ0v) is 12.3. The van der Waals surface area contributed by atoms with E-state index in [-0.39, 0.29) is 11.3 Å². The van der Waals surface area contributed by atoms with E-state index in [4.69, 9.17) is 0 Å². The van der Waals surface area contributed by atoms with Crippen LogP contribution in [0.5, 0.6) is 0 Å². The van der Waals surface area contributed by atoms with Gasteiger partial charge >= 0.3 is 0 Å². The first-order valence-electron chi connectivity index (χ1n) is 6.22. The smallest absolute Gasteiger partial charge is 0.149 e. The summed E-state index contributed by atoms with van der Waals surface area (Å²) in [7, 11) is 0. The predicted molar refractivity (Wildman–Crippen MR) is 70.7 cm³/mol. The molecule has 0 amide bonds. The van der Waals surface area contributed by atoms with Crippen molar-refractivity contribution < 1.29 is 4.79 Å². The van der Waals surface area contributed by atoms with E-state index in [1.165, 1.54) is 0 Å². The van der Waals surface area contributed by atoms with E-state index in [1.54, 1.807) is 6.92 Å². The van der Waals surface area contributed by atoms with Crippen LogP contribution in [0.1, 0.15) is 68.2 Å². The van der Waals surface area contributed by atoms with Crippen molar-refractivity contribution in [2.24, 2.45) is 5.41 Å². The van der Waals surface area contributed by atoms with Gasteiger partial charge in [0, 0.05) is 5.54 Å². The fourth-order valence-electron chi connectivity index (χ4n) is 2.30. The van der Waals surface area contributed by atoms with Crippen molar-refractivity contribution >= 4 is 5.78 Å². The van der Waals surface area contributed by atoms with E-state index in [1.807, 2.05) is 13.8 Å². The van der Waals surface area contributed by atoms with Crippen molar-refractivity contribution in [3.05, 3.63) is 0 Å². The van der Waals surface area contributed by atoms with Gasteiger partial charge in [-0.2, -0.15) is 0 Å². The second kappa shape index (κ2) is 4.87. The maximum Gasteiger partial charge on any atom is 0.149 e. The van der Waals surface area contributed by atoms with Gasteiger partial charge < -0.3 is 5.32 Å². The number of ketones is 1. The SMILES string of the molecule is CCC(C)(C)CC(C)(C)NC(C)(C)C(C)=O. The summed E-state index contributed by atoms with van der Waals surface area (Å²) in [5, 5.41) is 3.47. The molecule has 0 bridgehead atoms. The van der Waals surface area contributed by atoms with E-state index in [0.717, 1.165) is 12.8 Å². The van der Waals surface area contributed by atoms with Gasteiger partial charge in [-0.05, 0) is 46.5 Å². The molecule has 0 aliphatic heterocycles. The summed E-state index contributed by atoms with van der Waals surface area (Å²) >= 11 is 0. The molecule has 0 atom stereocenters. The third-order valence-corrected chi connectivity index (χ3v) is 3.41. The van der Waals surface area contributed by atoms with Gasteiger partial charge in [0.2, 0.25) is 0 Å². The lowest BCUT2D eigenvalue weighted by atomic mass is 9.77. The molecule has 0 fully saturated rings. The molecular weight excluding hydrogens is 198 g/mol. The molecule has 2 heteroatoms. The molecule has 16 heavy (non-hydrogen) atoms. The predicted octanol–water partition coefficient (Wildman–Crippen LogP) is 3.55. The summed E-state index contributed by atoms with van der Waals surface area (Å²) in [6.45, 7) is 16.7. The van der Waals surface area contributed by atoms with Crippen LogP contribution < -0.4 is 5.32 Å². The lowest BCUT2D eigenvalue weighted by Crippen LogP contribution is -2.56. The Morgan fingerprint density at radius 1 is 1.06 bits per heavy atom. The third kappa shape index (κ3) is 5.11. The highest BCUT2D eigenvalue weighted by Gasteiger charge is 2.34. The number of Topliss-reactive ketones (excluding diaryl/α,β-unsaturated/α-hetero) is 1. The van der Waals surface area contributed by atoms with Crippen LogP contribution in [-0.4, -0.2) is 16.9 Å². The average molecular weight is 227 g/mol. The third-order valence-electron chi connectivity index (χ3n) is 3.41. The summed E-state index contributed by atoms with van der Waals surface area (Å²) in [5.41, 5.74) is -0.147. The first kappa shape index (κ1) is 15.6. The highest BCUT2D eigenvalue weighted by molar-refractivity contribution is 5.85. The van der Waals surface area contributed by atoms with Gasteiger partial charge in [-0.3, -0.25) is 4.79 Å². The van der Waals surface area contributed by atoms with Crippen LogP contribution in [0.4, 0.5) is 0 Å². The van der Waals surface area contributed by atoms with Gasteiger partial charge in [-0.15, -0.1) is 0 Å². The summed E-state index contributed by atoms with van der Waals surface area (Å²) < 4.78 is 0. The highest BCUT2D eigenvalue weighted by Crippen LogP contribution is 2.31. The van der Waals surface area contributed by atoms with E-state index >= 15 is 0 Å². The largest absolute Gasteiger partial charge is 0.300 e. The van der Waals surface area contributed by atoms with Gasteiger partial charge in [0.25, 0.3) is 0 Å². The summed E-state index contributed by atoms with van der Waals surface area (Å²) in [4.78, 5) is 11.5. The van der Waals surface area contributed by atoms with Crippen molar-refractivity contribution in [3.8, 4) is 0 Å². The Bertz CT molecular complexity index is 251. The minimum absolute atomic E-state index is 0.0192. The van der Waals surface area contributed by atoms with Gasteiger partial charge in [-0.25, -0.2) is 0 Å². The molecule has 2 nitrogen and oxygen atoms in total. The van der Waals surface area contributed by atoms with Crippen molar-refractivity contribution in [1.29, 1.82) is 0 Å². The molecule has 0 radical (unpaired) electrons. The van der Waals surface area contributed by atoms with Crippen LogP contribution in [0.2, 0.25) is 0 Å². The van der Waals surface area contributed by atoms with Gasteiger partial charge in [0.15, 0.2) is 0 Å². The number of hydrogen-bond acceptors (Lipinski definition) is 2. The maximum absolute atomic E-state index is 11.5. The molecule has 0 aliphatic carbocycles. The van der Waals surface area contributed by atoms with Crippen LogP contribution in [-0.2, 0) is 4.79 Å². The molecule has 0 saturated carbocycles. The van der Waals surface area contributed by atoms with Crippen molar-refractivity contribution in [3.63, 3.8) is 0 Å². The van der Waals surface area contributed by atoms with Crippen LogP contribution >= 0.6 is 0 Å². The molecule has 1 N–H and O–H groups in total. The highest BCUT2D eigenvalue weighted by atomic mass is 16.1. The lowest BCUT2D eigenvalue weighted by Gasteiger charge is -2.40. The fourth-order valence-corrected chi connectivity index (χ4v) is 2.30. The van der Waals surface area contributed by atoms with Crippen LogP contribution in [0.3, 0.4) is 0 Å². The van der Waals surface area contributed by atoms with Crippen LogP contribution in [0.15, 0.2) is 0 Å². The van der Waals surface area contributed by atoms with E-state index in [0.29, 0.717) is 5.41 Å². The molecule has 96 valence electrons. The lowest BCUT2D eigenvalue weighted by molar-refractivity contribution is -0.123. The molecule has 0 unspecified atom stereocenters. The molecule has 0 aromatic heterocycles. The molecule has 0 aromatic rings. The van der Waals surface area contributed by atoms with Crippen LogP contribution in [0, 0.1) is 5.41 Å². The fraction of sp³-hybridized carbons (Fsp3) is 0.929. The number of nitrogens with one attached hydrogen (secondary N) is 1. The Labute approximate surface area is 101 Å². The second-order valence-corrected chi connectivity index (χ2v) is 6.88. The molecule has 0 rings (SSSR count). The van der Waals surface area contributed by atoms with Gasteiger partial charge in [0.1, 0.15) is 5.78 Å². The number of carbonyl (C=O) groups excluding carboxylic acids is 1. The number of hydrogen-bond donors (Lipinski definition) is 1. The standard InChI is InChI=1S/C14H29NO/c1-9-12(3,4)10-13(5,6)15-14(7,8)11(2)16/h15H,9-10H2,1-8H3. The van der Waals surface area contributed by atoms with Crippen LogP contribution in [0.25, 0.3) is 0 Å². The van der Waals surface area contributed by atoms with Crippen molar-refractivity contribution in [2.75, 3.05) is 0 Å². The molecule has 0 saturated heterocycles. The first-order valence-corrected chi connectivity index (χ1v) is 6.22. The maximum atomic E-state index is 11.5. The Morgan fingerprint density at radius 3 is 1.81 bits per heavy atom. The zero-order chi connectivity index (χ0) is 13.2. The Morgan fingerprint density at radius 2 is 1.50 bits per heavy atom. The summed E-state index contributed by atoms with van der Waals surface area (Å²) in [6.07, 6.45) is 2.21. The van der Waals surface area contributed by atoms with Crippen molar-refractivity contribution in [2.45, 2.75) is 79.3 Å². The molecule has 0 heterocycles. The first-order chi connectivity index (χ1) is 6.92. The molecular formula is C14H29NO. The molecule has 0 spiro atoms. The topological polar surface area (TPSA) is 29.1 Å².